The Morgan fingerprint density at radius 3 is 2.57 bits per heavy atom. The Kier molecular flexibility index (Phi) is 5.88. The molecule has 1 aliphatic rings. The SMILES string of the molecule is CCCCCCC1CC(Cl)C(CC)O1. The number of hydrogen-bond acceptors (Lipinski definition) is 1. The fraction of sp³-hybridized carbons (Fsp3) is 1.00. The topological polar surface area (TPSA) is 9.23 Å². The van der Waals surface area contributed by atoms with E-state index in [0.717, 1.165) is 12.8 Å². The first kappa shape index (κ1) is 12.3. The molecular formula is C12H23ClO. The summed E-state index contributed by atoms with van der Waals surface area (Å²) in [5.41, 5.74) is 0. The molecule has 1 fully saturated rings. The first-order valence-corrected chi connectivity index (χ1v) is 6.51. The van der Waals surface area contributed by atoms with E-state index in [1.807, 2.05) is 0 Å². The van der Waals surface area contributed by atoms with Crippen molar-refractivity contribution in [2.24, 2.45) is 0 Å². The summed E-state index contributed by atoms with van der Waals surface area (Å²) in [4.78, 5) is 0. The van der Waals surface area contributed by atoms with Crippen molar-refractivity contribution in [3.05, 3.63) is 0 Å². The van der Waals surface area contributed by atoms with Crippen LogP contribution in [0.15, 0.2) is 0 Å². The third-order valence-corrected chi connectivity index (χ3v) is 3.50. The van der Waals surface area contributed by atoms with Gasteiger partial charge in [0.1, 0.15) is 0 Å². The zero-order valence-electron chi connectivity index (χ0n) is 9.47. The first-order chi connectivity index (χ1) is 6.77. The van der Waals surface area contributed by atoms with E-state index >= 15 is 0 Å². The van der Waals surface area contributed by atoms with Gasteiger partial charge in [0.2, 0.25) is 0 Å². The van der Waals surface area contributed by atoms with Crippen LogP contribution < -0.4 is 0 Å². The Hall–Kier alpha value is 0.250. The molecule has 0 saturated carbocycles. The molecule has 0 aliphatic carbocycles. The lowest BCUT2D eigenvalue weighted by atomic mass is 10.1. The summed E-state index contributed by atoms with van der Waals surface area (Å²) in [5, 5.41) is 0.260. The largest absolute Gasteiger partial charge is 0.373 e. The lowest BCUT2D eigenvalue weighted by Crippen LogP contribution is -2.14. The van der Waals surface area contributed by atoms with Gasteiger partial charge < -0.3 is 4.74 Å². The third-order valence-electron chi connectivity index (χ3n) is 3.04. The van der Waals surface area contributed by atoms with Gasteiger partial charge in [-0.1, -0.05) is 39.5 Å². The molecule has 0 N–H and O–H groups in total. The van der Waals surface area contributed by atoms with E-state index in [2.05, 4.69) is 13.8 Å². The minimum atomic E-state index is 0.260. The van der Waals surface area contributed by atoms with Crippen molar-refractivity contribution in [3.63, 3.8) is 0 Å². The predicted molar refractivity (Wildman–Crippen MR) is 62.0 cm³/mol. The van der Waals surface area contributed by atoms with E-state index in [1.54, 1.807) is 0 Å². The van der Waals surface area contributed by atoms with Gasteiger partial charge in [0.15, 0.2) is 0 Å². The molecule has 3 atom stereocenters. The maximum absolute atomic E-state index is 6.19. The van der Waals surface area contributed by atoms with Gasteiger partial charge in [0, 0.05) is 0 Å². The molecule has 0 aromatic rings. The van der Waals surface area contributed by atoms with Crippen molar-refractivity contribution in [1.29, 1.82) is 0 Å². The van der Waals surface area contributed by atoms with Crippen LogP contribution in [0.1, 0.15) is 58.8 Å². The second-order valence-electron chi connectivity index (χ2n) is 4.31. The monoisotopic (exact) mass is 218 g/mol. The molecule has 2 heteroatoms. The second-order valence-corrected chi connectivity index (χ2v) is 4.87. The van der Waals surface area contributed by atoms with Crippen LogP contribution in [-0.2, 0) is 4.74 Å². The second kappa shape index (κ2) is 6.68. The molecular weight excluding hydrogens is 196 g/mol. The average Bonchev–Trinajstić information content (AvgIpc) is 2.54. The van der Waals surface area contributed by atoms with E-state index in [1.165, 1.54) is 32.1 Å². The molecule has 14 heavy (non-hydrogen) atoms. The summed E-state index contributed by atoms with van der Waals surface area (Å²) >= 11 is 6.19. The number of alkyl halides is 1. The normalized spacial score (nSPS) is 32.4. The fourth-order valence-corrected chi connectivity index (χ4v) is 2.56. The molecule has 1 aliphatic heterocycles. The summed E-state index contributed by atoms with van der Waals surface area (Å²) < 4.78 is 5.87. The Labute approximate surface area is 93.2 Å². The van der Waals surface area contributed by atoms with Crippen LogP contribution in [0, 0.1) is 0 Å². The quantitative estimate of drug-likeness (QED) is 0.481. The van der Waals surface area contributed by atoms with E-state index in [9.17, 15) is 0 Å². The third kappa shape index (κ3) is 3.78. The standard InChI is InChI=1S/C12H23ClO/c1-3-5-6-7-8-10-9-11(13)12(4-2)14-10/h10-12H,3-9H2,1-2H3. The molecule has 0 aromatic heterocycles. The summed E-state index contributed by atoms with van der Waals surface area (Å²) in [6.07, 6.45) is 9.40. The van der Waals surface area contributed by atoms with Gasteiger partial charge in [-0.15, -0.1) is 11.6 Å². The van der Waals surface area contributed by atoms with Gasteiger partial charge in [0.05, 0.1) is 17.6 Å². The van der Waals surface area contributed by atoms with Gasteiger partial charge in [-0.3, -0.25) is 0 Å². The lowest BCUT2D eigenvalue weighted by Gasteiger charge is -2.12. The predicted octanol–water partition coefficient (Wildman–Crippen LogP) is 4.13. The highest BCUT2D eigenvalue weighted by molar-refractivity contribution is 6.21. The summed E-state index contributed by atoms with van der Waals surface area (Å²) in [6, 6.07) is 0. The fourth-order valence-electron chi connectivity index (χ4n) is 2.13. The number of rotatable bonds is 6. The van der Waals surface area contributed by atoms with Crippen LogP contribution in [-0.4, -0.2) is 17.6 Å². The van der Waals surface area contributed by atoms with Crippen LogP contribution in [0.4, 0.5) is 0 Å². The van der Waals surface area contributed by atoms with Crippen molar-refractivity contribution in [1.82, 2.24) is 0 Å². The van der Waals surface area contributed by atoms with E-state index in [-0.39, 0.29) is 5.38 Å². The van der Waals surface area contributed by atoms with Gasteiger partial charge in [-0.05, 0) is 19.3 Å². The highest BCUT2D eigenvalue weighted by Crippen LogP contribution is 2.29. The zero-order chi connectivity index (χ0) is 10.4. The minimum Gasteiger partial charge on any atom is -0.373 e. The molecule has 1 heterocycles. The summed E-state index contributed by atoms with van der Waals surface area (Å²) in [7, 11) is 0. The number of hydrogen-bond donors (Lipinski definition) is 0. The van der Waals surface area contributed by atoms with Crippen molar-refractivity contribution >= 4 is 11.6 Å². The molecule has 0 amide bonds. The van der Waals surface area contributed by atoms with Gasteiger partial charge in [-0.25, -0.2) is 0 Å². The molecule has 0 spiro atoms. The highest BCUT2D eigenvalue weighted by atomic mass is 35.5. The summed E-state index contributed by atoms with van der Waals surface area (Å²) in [5.74, 6) is 0. The van der Waals surface area contributed by atoms with E-state index < -0.39 is 0 Å². The van der Waals surface area contributed by atoms with Crippen LogP contribution >= 0.6 is 11.6 Å². The van der Waals surface area contributed by atoms with Crippen molar-refractivity contribution in [2.45, 2.75) is 76.4 Å². The molecule has 0 aromatic carbocycles. The van der Waals surface area contributed by atoms with Crippen LogP contribution in [0.3, 0.4) is 0 Å². The van der Waals surface area contributed by atoms with Crippen LogP contribution in [0.5, 0.6) is 0 Å². The van der Waals surface area contributed by atoms with Crippen LogP contribution in [0.25, 0.3) is 0 Å². The molecule has 1 nitrogen and oxygen atoms in total. The minimum absolute atomic E-state index is 0.260. The number of halogens is 1. The molecule has 0 bridgehead atoms. The number of unbranched alkanes of at least 4 members (excludes halogenated alkanes) is 3. The number of ether oxygens (including phenoxy) is 1. The highest BCUT2D eigenvalue weighted by Gasteiger charge is 2.31. The Bertz CT molecular complexity index is 149. The van der Waals surface area contributed by atoms with Crippen molar-refractivity contribution in [3.8, 4) is 0 Å². The molecule has 1 saturated heterocycles. The van der Waals surface area contributed by atoms with E-state index in [0.29, 0.717) is 12.2 Å². The first-order valence-electron chi connectivity index (χ1n) is 6.07. The Balaban J connectivity index is 2.09. The average molecular weight is 219 g/mol. The van der Waals surface area contributed by atoms with Gasteiger partial charge in [-0.2, -0.15) is 0 Å². The molecule has 1 rings (SSSR count). The van der Waals surface area contributed by atoms with Gasteiger partial charge in [0.25, 0.3) is 0 Å². The lowest BCUT2D eigenvalue weighted by molar-refractivity contribution is 0.0381. The maximum atomic E-state index is 6.19. The van der Waals surface area contributed by atoms with Crippen LogP contribution in [0.2, 0.25) is 0 Å². The van der Waals surface area contributed by atoms with Crippen molar-refractivity contribution in [2.75, 3.05) is 0 Å². The summed E-state index contributed by atoms with van der Waals surface area (Å²) in [6.45, 7) is 4.40. The maximum Gasteiger partial charge on any atom is 0.0740 e. The van der Waals surface area contributed by atoms with Gasteiger partial charge >= 0.3 is 0 Å². The van der Waals surface area contributed by atoms with Crippen molar-refractivity contribution < 1.29 is 4.74 Å². The molecule has 3 unspecified atom stereocenters. The van der Waals surface area contributed by atoms with E-state index in [4.69, 9.17) is 16.3 Å². The zero-order valence-corrected chi connectivity index (χ0v) is 10.2. The smallest absolute Gasteiger partial charge is 0.0740 e. The Morgan fingerprint density at radius 1 is 1.21 bits per heavy atom. The molecule has 0 radical (unpaired) electrons. The Morgan fingerprint density at radius 2 is 2.00 bits per heavy atom. The molecule has 84 valence electrons.